The highest BCUT2D eigenvalue weighted by atomic mass is 15.3. The zero-order valence-corrected chi connectivity index (χ0v) is 11.4. The van der Waals surface area contributed by atoms with Crippen LogP contribution in [0.4, 0.5) is 0 Å². The Balaban J connectivity index is 1.27. The molecule has 2 aliphatic heterocycles. The van der Waals surface area contributed by atoms with Crippen molar-refractivity contribution in [2.45, 2.75) is 30.8 Å². The summed E-state index contributed by atoms with van der Waals surface area (Å²) >= 11 is 0. The second-order valence-corrected chi connectivity index (χ2v) is 7.27. The summed E-state index contributed by atoms with van der Waals surface area (Å²) in [5.41, 5.74) is 6.57. The lowest BCUT2D eigenvalue weighted by Gasteiger charge is -2.42. The van der Waals surface area contributed by atoms with Crippen LogP contribution >= 0.6 is 0 Å². The van der Waals surface area contributed by atoms with Gasteiger partial charge in [-0.25, -0.2) is 0 Å². The Hall–Kier alpha value is -0.160. The molecule has 0 bridgehead atoms. The monoisotopic (exact) mass is 250 g/mol. The molecule has 0 aromatic rings. The van der Waals surface area contributed by atoms with Crippen molar-refractivity contribution in [1.82, 2.24) is 15.1 Å². The third kappa shape index (κ3) is 1.73. The van der Waals surface area contributed by atoms with Crippen LogP contribution in [0.1, 0.15) is 19.3 Å². The van der Waals surface area contributed by atoms with Crippen LogP contribution in [-0.4, -0.2) is 61.3 Å². The number of nitrogens with two attached hydrogens (primary N) is 1. The van der Waals surface area contributed by atoms with Crippen molar-refractivity contribution >= 4 is 0 Å². The van der Waals surface area contributed by atoms with Gasteiger partial charge in [-0.1, -0.05) is 0 Å². The van der Waals surface area contributed by atoms with Gasteiger partial charge in [-0.15, -0.1) is 0 Å². The number of nitrogens with zero attached hydrogens (tertiary/aromatic N) is 2. The fourth-order valence-corrected chi connectivity index (χ4v) is 4.36. The maximum atomic E-state index is 6.06. The molecular weight excluding hydrogens is 224 g/mol. The van der Waals surface area contributed by atoms with E-state index in [-0.39, 0.29) is 0 Å². The topological polar surface area (TPSA) is 44.5 Å². The van der Waals surface area contributed by atoms with Crippen LogP contribution in [-0.2, 0) is 0 Å². The first-order valence-corrected chi connectivity index (χ1v) is 7.58. The molecule has 0 aromatic carbocycles. The van der Waals surface area contributed by atoms with Crippen LogP contribution in [0.3, 0.4) is 0 Å². The molecule has 4 heteroatoms. The summed E-state index contributed by atoms with van der Waals surface area (Å²) in [5, 5.41) is 3.88. The van der Waals surface area contributed by atoms with E-state index in [0.29, 0.717) is 11.6 Å². The molecule has 102 valence electrons. The number of likely N-dealkylation sites (tertiary alicyclic amines) is 2. The van der Waals surface area contributed by atoms with Gasteiger partial charge in [-0.3, -0.25) is 10.2 Å². The third-order valence-corrected chi connectivity index (χ3v) is 5.98. The molecule has 0 amide bonds. The molecule has 4 nitrogen and oxygen atoms in total. The van der Waals surface area contributed by atoms with E-state index in [1.54, 1.807) is 0 Å². The van der Waals surface area contributed by atoms with Gasteiger partial charge in [-0.05, 0) is 38.1 Å². The average molecular weight is 250 g/mol. The Bertz CT molecular complexity index is 335. The summed E-state index contributed by atoms with van der Waals surface area (Å²) in [7, 11) is 2.23. The fourth-order valence-electron chi connectivity index (χ4n) is 4.36. The first-order valence-electron chi connectivity index (χ1n) is 7.58. The smallest absolute Gasteiger partial charge is 0.0485 e. The van der Waals surface area contributed by atoms with E-state index >= 15 is 0 Å². The van der Waals surface area contributed by atoms with Gasteiger partial charge < -0.3 is 10.6 Å². The summed E-state index contributed by atoms with van der Waals surface area (Å²) in [6.07, 6.45) is 4.05. The molecule has 3 N–H and O–H groups in total. The van der Waals surface area contributed by atoms with E-state index < -0.39 is 0 Å². The molecule has 0 spiro atoms. The number of hydrogen-bond donors (Lipinski definition) is 2. The van der Waals surface area contributed by atoms with Gasteiger partial charge in [0.05, 0.1) is 0 Å². The second kappa shape index (κ2) is 3.92. The maximum absolute atomic E-state index is 6.06. The molecule has 4 aliphatic rings. The van der Waals surface area contributed by atoms with E-state index in [0.717, 1.165) is 24.4 Å². The fraction of sp³-hybridized carbons (Fsp3) is 1.00. The second-order valence-electron chi connectivity index (χ2n) is 7.27. The molecule has 2 unspecified atom stereocenters. The van der Waals surface area contributed by atoms with Crippen molar-refractivity contribution < 1.29 is 0 Å². The molecule has 2 saturated carbocycles. The predicted molar refractivity (Wildman–Crippen MR) is 72.1 cm³/mol. The largest absolute Gasteiger partial charge is 0.327 e. The quantitative estimate of drug-likeness (QED) is 0.732. The van der Waals surface area contributed by atoms with Crippen molar-refractivity contribution in [2.75, 3.05) is 39.9 Å². The van der Waals surface area contributed by atoms with Crippen LogP contribution in [0.25, 0.3) is 0 Å². The molecule has 4 fully saturated rings. The van der Waals surface area contributed by atoms with E-state index in [1.165, 1.54) is 45.4 Å². The van der Waals surface area contributed by atoms with Crippen molar-refractivity contribution in [3.63, 3.8) is 0 Å². The summed E-state index contributed by atoms with van der Waals surface area (Å²) in [6, 6.07) is 0.496. The number of hydrogen-bond acceptors (Lipinski definition) is 4. The summed E-state index contributed by atoms with van der Waals surface area (Å²) < 4.78 is 0. The highest BCUT2D eigenvalue weighted by molar-refractivity contribution is 5.11. The molecule has 0 radical (unpaired) electrons. The van der Waals surface area contributed by atoms with Gasteiger partial charge in [0.2, 0.25) is 0 Å². The lowest BCUT2D eigenvalue weighted by Crippen LogP contribution is -2.57. The third-order valence-electron chi connectivity index (χ3n) is 5.98. The Morgan fingerprint density at radius 2 is 2.00 bits per heavy atom. The van der Waals surface area contributed by atoms with Crippen molar-refractivity contribution in [3.8, 4) is 0 Å². The van der Waals surface area contributed by atoms with Gasteiger partial charge in [0.25, 0.3) is 0 Å². The maximum Gasteiger partial charge on any atom is 0.0485 e. The van der Waals surface area contributed by atoms with Crippen molar-refractivity contribution in [2.24, 2.45) is 23.5 Å². The van der Waals surface area contributed by atoms with E-state index in [2.05, 4.69) is 22.2 Å². The Labute approximate surface area is 110 Å². The zero-order valence-electron chi connectivity index (χ0n) is 11.4. The minimum atomic E-state index is 0.496. The minimum Gasteiger partial charge on any atom is -0.327 e. The number of fused-ring (bicyclic) bond motifs is 1. The van der Waals surface area contributed by atoms with Gasteiger partial charge in [0, 0.05) is 50.3 Å². The molecule has 2 heterocycles. The Kier molecular flexibility index (Phi) is 2.54. The lowest BCUT2D eigenvalue weighted by atomic mass is 9.72. The molecule has 0 aromatic heterocycles. The highest BCUT2D eigenvalue weighted by Crippen LogP contribution is 2.46. The van der Waals surface area contributed by atoms with E-state index in [1.807, 2.05) is 0 Å². The van der Waals surface area contributed by atoms with Crippen molar-refractivity contribution in [1.29, 1.82) is 0 Å². The zero-order chi connectivity index (χ0) is 12.3. The Morgan fingerprint density at radius 1 is 1.22 bits per heavy atom. The van der Waals surface area contributed by atoms with E-state index in [9.17, 15) is 0 Å². The van der Waals surface area contributed by atoms with Crippen LogP contribution < -0.4 is 11.1 Å². The Morgan fingerprint density at radius 3 is 2.56 bits per heavy atom. The van der Waals surface area contributed by atoms with E-state index in [4.69, 9.17) is 5.73 Å². The SMILES string of the molecule is CN1CC(C2(NCN3CC4C[C@@H](N)C4C3)CC2)C1. The normalized spacial score (nSPS) is 43.3. The number of nitrogens with one attached hydrogen (secondary N) is 1. The van der Waals surface area contributed by atoms with Gasteiger partial charge in [0.15, 0.2) is 0 Å². The first kappa shape index (κ1) is 11.6. The molecule has 18 heavy (non-hydrogen) atoms. The van der Waals surface area contributed by atoms with Gasteiger partial charge in [-0.2, -0.15) is 0 Å². The molecule has 4 rings (SSSR count). The van der Waals surface area contributed by atoms with Crippen LogP contribution in [0.15, 0.2) is 0 Å². The van der Waals surface area contributed by atoms with Crippen LogP contribution in [0.2, 0.25) is 0 Å². The van der Waals surface area contributed by atoms with Crippen LogP contribution in [0, 0.1) is 17.8 Å². The molecule has 3 atom stereocenters. The summed E-state index contributed by atoms with van der Waals surface area (Å²) in [5.74, 6) is 2.62. The lowest BCUT2D eigenvalue weighted by molar-refractivity contribution is 0.0814. The molecular formula is C14H26N4. The predicted octanol–water partition coefficient (Wildman–Crippen LogP) is -0.0933. The molecule has 2 saturated heterocycles. The van der Waals surface area contributed by atoms with Gasteiger partial charge >= 0.3 is 0 Å². The highest BCUT2D eigenvalue weighted by Gasteiger charge is 2.53. The average Bonchev–Trinajstić information content (AvgIpc) is 3.01. The summed E-state index contributed by atoms with van der Waals surface area (Å²) in [6.45, 7) is 6.21. The van der Waals surface area contributed by atoms with Crippen LogP contribution in [0.5, 0.6) is 0 Å². The summed E-state index contributed by atoms with van der Waals surface area (Å²) in [4.78, 5) is 5.03. The first-order chi connectivity index (χ1) is 8.66. The van der Waals surface area contributed by atoms with Crippen molar-refractivity contribution in [3.05, 3.63) is 0 Å². The standard InChI is InChI=1S/C14H26N4/c1-17-6-11(7-17)14(2-3-14)16-9-18-5-10-4-13(15)12(10)8-18/h10-13,16H,2-9,15H2,1H3/t10?,12?,13-/m1/s1. The molecule has 2 aliphatic carbocycles. The van der Waals surface area contributed by atoms with Gasteiger partial charge in [0.1, 0.15) is 0 Å². The number of rotatable bonds is 4. The minimum absolute atomic E-state index is 0.496.